The van der Waals surface area contributed by atoms with Crippen molar-refractivity contribution in [2.24, 2.45) is 7.05 Å². The van der Waals surface area contributed by atoms with Crippen LogP contribution in [0.3, 0.4) is 0 Å². The highest BCUT2D eigenvalue weighted by Crippen LogP contribution is 2.39. The van der Waals surface area contributed by atoms with Gasteiger partial charge in [-0.3, -0.25) is 9.48 Å². The van der Waals surface area contributed by atoms with Crippen molar-refractivity contribution < 1.29 is 4.79 Å². The van der Waals surface area contributed by atoms with Crippen LogP contribution >= 0.6 is 0 Å². The van der Waals surface area contributed by atoms with Gasteiger partial charge in [0.25, 0.3) is 5.91 Å². The van der Waals surface area contributed by atoms with Gasteiger partial charge in [0.15, 0.2) is 0 Å². The average Bonchev–Trinajstić information content (AvgIpc) is 3.24. The van der Waals surface area contributed by atoms with Crippen LogP contribution in [0.15, 0.2) is 24.7 Å². The normalized spacial score (nSPS) is 18.1. The maximum absolute atomic E-state index is 12.0. The minimum atomic E-state index is -0.119. The number of carbonyl (C=O) groups excluding carboxylic acids is 1. The van der Waals surface area contributed by atoms with Gasteiger partial charge in [-0.25, -0.2) is 9.97 Å². The van der Waals surface area contributed by atoms with Crippen molar-refractivity contribution in [2.75, 3.05) is 18.0 Å². The summed E-state index contributed by atoms with van der Waals surface area (Å²) in [6.07, 6.45) is 5.88. The molecule has 0 radical (unpaired) electrons. The van der Waals surface area contributed by atoms with E-state index < -0.39 is 0 Å². The van der Waals surface area contributed by atoms with E-state index in [1.807, 2.05) is 0 Å². The molecule has 2 aromatic rings. The van der Waals surface area contributed by atoms with E-state index in [-0.39, 0.29) is 11.9 Å². The van der Waals surface area contributed by atoms with Crippen LogP contribution in [0.4, 0.5) is 5.82 Å². The van der Waals surface area contributed by atoms with Crippen LogP contribution in [-0.2, 0) is 7.05 Å². The average molecular weight is 298 g/mol. The number of rotatable bonds is 4. The highest BCUT2D eigenvalue weighted by molar-refractivity contribution is 5.92. The second kappa shape index (κ2) is 5.08. The molecular formula is C15H18N6O. The lowest BCUT2D eigenvalue weighted by Crippen LogP contribution is -2.59. The molecule has 2 aromatic heterocycles. The fraction of sp³-hybridized carbons (Fsp3) is 0.467. The topological polar surface area (TPSA) is 75.9 Å². The highest BCUT2D eigenvalue weighted by Gasteiger charge is 2.31. The third-order valence-electron chi connectivity index (χ3n) is 4.16. The van der Waals surface area contributed by atoms with Crippen molar-refractivity contribution in [3.8, 4) is 0 Å². The summed E-state index contributed by atoms with van der Waals surface area (Å²) in [7, 11) is 1.80. The molecule has 22 heavy (non-hydrogen) atoms. The van der Waals surface area contributed by atoms with Gasteiger partial charge in [0.1, 0.15) is 17.8 Å². The molecule has 1 aliphatic carbocycles. The van der Waals surface area contributed by atoms with E-state index in [9.17, 15) is 4.79 Å². The van der Waals surface area contributed by atoms with E-state index in [4.69, 9.17) is 0 Å². The molecule has 114 valence electrons. The predicted octanol–water partition coefficient (Wildman–Crippen LogP) is 0.706. The van der Waals surface area contributed by atoms with Crippen LogP contribution in [-0.4, -0.2) is 44.8 Å². The van der Waals surface area contributed by atoms with E-state index in [1.54, 1.807) is 30.3 Å². The van der Waals surface area contributed by atoms with Crippen molar-refractivity contribution in [1.29, 1.82) is 0 Å². The van der Waals surface area contributed by atoms with Crippen LogP contribution in [0.1, 0.15) is 34.9 Å². The summed E-state index contributed by atoms with van der Waals surface area (Å²) in [4.78, 5) is 22.9. The number of nitrogens with zero attached hydrogens (tertiary/aromatic N) is 5. The lowest BCUT2D eigenvalue weighted by atomic mass is 10.1. The first-order valence-corrected chi connectivity index (χ1v) is 7.56. The van der Waals surface area contributed by atoms with E-state index in [1.165, 1.54) is 12.8 Å². The van der Waals surface area contributed by atoms with Crippen molar-refractivity contribution in [1.82, 2.24) is 25.1 Å². The molecule has 1 saturated heterocycles. The highest BCUT2D eigenvalue weighted by atomic mass is 16.2. The Kier molecular flexibility index (Phi) is 3.06. The number of carbonyl (C=O) groups is 1. The van der Waals surface area contributed by atoms with Gasteiger partial charge in [0.05, 0.1) is 6.04 Å². The van der Waals surface area contributed by atoms with Crippen molar-refractivity contribution in [2.45, 2.75) is 24.8 Å². The summed E-state index contributed by atoms with van der Waals surface area (Å²) in [6, 6.07) is 3.95. The fourth-order valence-corrected chi connectivity index (χ4v) is 2.69. The Hall–Kier alpha value is -2.44. The Bertz CT molecular complexity index is 702. The third-order valence-corrected chi connectivity index (χ3v) is 4.16. The summed E-state index contributed by atoms with van der Waals surface area (Å²) >= 11 is 0. The molecule has 3 heterocycles. The Morgan fingerprint density at radius 3 is 2.82 bits per heavy atom. The summed E-state index contributed by atoms with van der Waals surface area (Å²) in [5.74, 6) is 1.47. The summed E-state index contributed by atoms with van der Waals surface area (Å²) in [6.45, 7) is 1.55. The first-order valence-electron chi connectivity index (χ1n) is 7.56. The van der Waals surface area contributed by atoms with Gasteiger partial charge in [0, 0.05) is 44.0 Å². The lowest BCUT2D eigenvalue weighted by Gasteiger charge is -2.40. The van der Waals surface area contributed by atoms with E-state index in [0.717, 1.165) is 24.6 Å². The van der Waals surface area contributed by atoms with Gasteiger partial charge in [0.2, 0.25) is 0 Å². The maximum atomic E-state index is 12.0. The molecule has 0 bridgehead atoms. The maximum Gasteiger partial charge on any atom is 0.272 e. The molecule has 0 spiro atoms. The number of hydrogen-bond donors (Lipinski definition) is 1. The molecule has 2 fully saturated rings. The molecule has 1 N–H and O–H groups in total. The van der Waals surface area contributed by atoms with Crippen LogP contribution in [0, 0.1) is 0 Å². The molecule has 0 unspecified atom stereocenters. The zero-order valence-electron chi connectivity index (χ0n) is 12.4. The molecule has 1 amide bonds. The molecule has 0 atom stereocenters. The molecule has 1 saturated carbocycles. The second-order valence-electron chi connectivity index (χ2n) is 6.03. The number of anilines is 1. The lowest BCUT2D eigenvalue weighted by molar-refractivity contribution is 0.0924. The smallest absolute Gasteiger partial charge is 0.272 e. The van der Waals surface area contributed by atoms with E-state index >= 15 is 0 Å². The molecule has 4 rings (SSSR count). The molecule has 7 heteroatoms. The molecular weight excluding hydrogens is 280 g/mol. The van der Waals surface area contributed by atoms with Gasteiger partial charge in [-0.2, -0.15) is 5.10 Å². The van der Waals surface area contributed by atoms with Crippen molar-refractivity contribution in [3.63, 3.8) is 0 Å². The number of amides is 1. The second-order valence-corrected chi connectivity index (χ2v) is 6.03. The van der Waals surface area contributed by atoms with Crippen LogP contribution in [0.2, 0.25) is 0 Å². The summed E-state index contributed by atoms with van der Waals surface area (Å²) in [5.41, 5.74) is 1.60. The first-order chi connectivity index (χ1) is 10.7. The number of hydrogen-bond acceptors (Lipinski definition) is 5. The van der Waals surface area contributed by atoms with Crippen LogP contribution in [0.5, 0.6) is 0 Å². The zero-order valence-corrected chi connectivity index (χ0v) is 12.4. The minimum absolute atomic E-state index is 0.119. The zero-order chi connectivity index (χ0) is 15.1. The Balaban J connectivity index is 1.34. The predicted molar refractivity (Wildman–Crippen MR) is 80.7 cm³/mol. The van der Waals surface area contributed by atoms with Gasteiger partial charge < -0.3 is 10.2 Å². The molecule has 0 aromatic carbocycles. The van der Waals surface area contributed by atoms with E-state index in [2.05, 4.69) is 31.3 Å². The quantitative estimate of drug-likeness (QED) is 0.899. The van der Waals surface area contributed by atoms with Crippen LogP contribution < -0.4 is 10.2 Å². The first kappa shape index (κ1) is 13.2. The van der Waals surface area contributed by atoms with E-state index in [0.29, 0.717) is 11.6 Å². The third kappa shape index (κ3) is 2.54. The number of nitrogens with one attached hydrogen (secondary N) is 1. The monoisotopic (exact) mass is 298 g/mol. The largest absolute Gasteiger partial charge is 0.352 e. The van der Waals surface area contributed by atoms with Crippen molar-refractivity contribution in [3.05, 3.63) is 36.0 Å². The number of aromatic nitrogens is 4. The fourth-order valence-electron chi connectivity index (χ4n) is 2.69. The standard InChI is InChI=1S/C15H18N6O/c1-20-5-4-12(19-20)15(22)18-11-7-21(8-11)14-6-13(10-2-3-10)16-9-17-14/h4-6,9-11H,2-3,7-8H2,1H3,(H,18,22). The number of aryl methyl sites for hydroxylation is 1. The van der Waals surface area contributed by atoms with Gasteiger partial charge in [-0.05, 0) is 18.9 Å². The Morgan fingerprint density at radius 1 is 1.32 bits per heavy atom. The van der Waals surface area contributed by atoms with Gasteiger partial charge in [-0.15, -0.1) is 0 Å². The molecule has 1 aliphatic heterocycles. The summed E-state index contributed by atoms with van der Waals surface area (Å²) in [5, 5.41) is 7.10. The SMILES string of the molecule is Cn1ccc(C(=O)NC2CN(c3cc(C4CC4)ncn3)C2)n1. The minimum Gasteiger partial charge on any atom is -0.352 e. The van der Waals surface area contributed by atoms with Gasteiger partial charge >= 0.3 is 0 Å². The van der Waals surface area contributed by atoms with Crippen molar-refractivity contribution >= 4 is 11.7 Å². The van der Waals surface area contributed by atoms with Crippen LogP contribution in [0.25, 0.3) is 0 Å². The Morgan fingerprint density at radius 2 is 2.14 bits per heavy atom. The van der Waals surface area contributed by atoms with Gasteiger partial charge in [-0.1, -0.05) is 0 Å². The molecule has 7 nitrogen and oxygen atoms in total. The Labute approximate surface area is 128 Å². The molecule has 2 aliphatic rings. The summed E-state index contributed by atoms with van der Waals surface area (Å²) < 4.78 is 1.63.